The highest BCUT2D eigenvalue weighted by Gasteiger charge is 2.16. The van der Waals surface area contributed by atoms with Crippen LogP contribution in [-0.4, -0.2) is 30.1 Å². The molecule has 0 fully saturated rings. The van der Waals surface area contributed by atoms with Crippen LogP contribution in [0.4, 0.5) is 0 Å². The third kappa shape index (κ3) is 4.86. The summed E-state index contributed by atoms with van der Waals surface area (Å²) in [6, 6.07) is 4.17. The Kier molecular flexibility index (Phi) is 7.85. The molecule has 1 N–H and O–H groups in total. The molecule has 1 aromatic heterocycles. The summed E-state index contributed by atoms with van der Waals surface area (Å²) in [5, 5.41) is 3.56. The minimum atomic E-state index is 0.276. The molecule has 0 spiro atoms. The summed E-state index contributed by atoms with van der Waals surface area (Å²) in [5.74, 6) is 3.11. The predicted molar refractivity (Wildman–Crippen MR) is 79.4 cm³/mol. The fourth-order valence-electron chi connectivity index (χ4n) is 1.74. The predicted octanol–water partition coefficient (Wildman–Crippen LogP) is 3.27. The lowest BCUT2D eigenvalue weighted by Gasteiger charge is -2.19. The minimum absolute atomic E-state index is 0.276. The number of nitrogens with zero attached hydrogens (tertiary/aromatic N) is 1. The Morgan fingerprint density at radius 2 is 2.22 bits per heavy atom. The Morgan fingerprint density at radius 3 is 2.89 bits per heavy atom. The van der Waals surface area contributed by atoms with E-state index in [0.29, 0.717) is 0 Å². The van der Waals surface area contributed by atoms with Crippen LogP contribution < -0.4 is 10.1 Å². The first-order valence-corrected chi connectivity index (χ1v) is 7.78. The maximum absolute atomic E-state index is 5.40. The molecule has 0 bridgehead atoms. The fraction of sp³-hybridized carbons (Fsp3) is 0.643. The van der Waals surface area contributed by atoms with Crippen molar-refractivity contribution >= 4 is 11.8 Å². The van der Waals surface area contributed by atoms with Crippen LogP contribution in [-0.2, 0) is 0 Å². The quantitative estimate of drug-likeness (QED) is 0.697. The Hall–Kier alpha value is -0.740. The van der Waals surface area contributed by atoms with Gasteiger partial charge in [-0.2, -0.15) is 11.8 Å². The molecule has 0 aromatic carbocycles. The van der Waals surface area contributed by atoms with Crippen LogP contribution >= 0.6 is 11.8 Å². The van der Waals surface area contributed by atoms with Gasteiger partial charge < -0.3 is 10.1 Å². The molecule has 0 radical (unpaired) electrons. The van der Waals surface area contributed by atoms with Gasteiger partial charge in [-0.05, 0) is 37.3 Å². The van der Waals surface area contributed by atoms with E-state index in [4.69, 9.17) is 4.74 Å². The fourth-order valence-corrected chi connectivity index (χ4v) is 2.70. The van der Waals surface area contributed by atoms with Gasteiger partial charge in [-0.3, -0.25) is 4.98 Å². The van der Waals surface area contributed by atoms with Crippen molar-refractivity contribution in [1.82, 2.24) is 10.3 Å². The molecular weight excluding hydrogens is 244 g/mol. The normalized spacial score (nSPS) is 12.4. The number of aromatic nitrogens is 1. The van der Waals surface area contributed by atoms with E-state index in [9.17, 15) is 0 Å². The Balaban J connectivity index is 2.72. The molecule has 0 saturated heterocycles. The lowest BCUT2D eigenvalue weighted by atomic mass is 10.2. The Morgan fingerprint density at radius 1 is 1.39 bits per heavy atom. The van der Waals surface area contributed by atoms with E-state index < -0.39 is 0 Å². The number of hydrogen-bond acceptors (Lipinski definition) is 4. The van der Waals surface area contributed by atoms with Crippen LogP contribution in [0.5, 0.6) is 5.75 Å². The smallest absolute Gasteiger partial charge is 0.142 e. The van der Waals surface area contributed by atoms with Gasteiger partial charge in [0.25, 0.3) is 0 Å². The Bertz CT molecular complexity index is 333. The largest absolute Gasteiger partial charge is 0.495 e. The van der Waals surface area contributed by atoms with Gasteiger partial charge in [-0.15, -0.1) is 0 Å². The van der Waals surface area contributed by atoms with Crippen molar-refractivity contribution in [2.75, 3.05) is 25.2 Å². The number of hydrogen-bond donors (Lipinski definition) is 1. The average molecular weight is 268 g/mol. The first kappa shape index (κ1) is 15.3. The second kappa shape index (κ2) is 9.22. The van der Waals surface area contributed by atoms with Crippen LogP contribution in [0, 0.1) is 0 Å². The molecule has 102 valence electrons. The van der Waals surface area contributed by atoms with E-state index in [2.05, 4.69) is 24.1 Å². The molecule has 18 heavy (non-hydrogen) atoms. The summed E-state index contributed by atoms with van der Waals surface area (Å²) in [4.78, 5) is 4.48. The zero-order valence-corrected chi connectivity index (χ0v) is 12.4. The Labute approximate surface area is 115 Å². The highest BCUT2D eigenvalue weighted by Crippen LogP contribution is 2.25. The molecule has 0 amide bonds. The molecule has 1 heterocycles. The monoisotopic (exact) mass is 268 g/mol. The summed E-state index contributed by atoms with van der Waals surface area (Å²) in [5.41, 5.74) is 1.03. The van der Waals surface area contributed by atoms with E-state index in [0.717, 1.165) is 30.2 Å². The van der Waals surface area contributed by atoms with Crippen molar-refractivity contribution in [3.05, 3.63) is 24.0 Å². The highest BCUT2D eigenvalue weighted by atomic mass is 32.2. The molecule has 1 atom stereocenters. The van der Waals surface area contributed by atoms with Crippen molar-refractivity contribution in [1.29, 1.82) is 0 Å². The molecule has 0 aliphatic heterocycles. The van der Waals surface area contributed by atoms with Crippen LogP contribution in [0.2, 0.25) is 0 Å². The summed E-state index contributed by atoms with van der Waals surface area (Å²) >= 11 is 1.97. The molecule has 1 unspecified atom stereocenters. The van der Waals surface area contributed by atoms with Crippen LogP contribution in [0.25, 0.3) is 0 Å². The van der Waals surface area contributed by atoms with Gasteiger partial charge in [-0.1, -0.05) is 13.8 Å². The summed E-state index contributed by atoms with van der Waals surface area (Å²) in [6.45, 7) is 5.40. The van der Waals surface area contributed by atoms with Gasteiger partial charge in [-0.25, -0.2) is 0 Å². The molecule has 0 saturated carbocycles. The zero-order valence-electron chi connectivity index (χ0n) is 11.6. The third-order valence-electron chi connectivity index (χ3n) is 2.62. The van der Waals surface area contributed by atoms with Gasteiger partial charge >= 0.3 is 0 Å². The van der Waals surface area contributed by atoms with Crippen LogP contribution in [0.15, 0.2) is 18.3 Å². The van der Waals surface area contributed by atoms with Crippen molar-refractivity contribution < 1.29 is 4.74 Å². The van der Waals surface area contributed by atoms with Crippen LogP contribution in [0.3, 0.4) is 0 Å². The van der Waals surface area contributed by atoms with Crippen molar-refractivity contribution in [3.63, 3.8) is 0 Å². The van der Waals surface area contributed by atoms with Gasteiger partial charge in [0.05, 0.1) is 18.8 Å². The summed E-state index contributed by atoms with van der Waals surface area (Å²) < 4.78 is 5.40. The maximum Gasteiger partial charge on any atom is 0.142 e. The van der Waals surface area contributed by atoms with Crippen molar-refractivity contribution in [3.8, 4) is 5.75 Å². The zero-order chi connectivity index (χ0) is 13.2. The second-order valence-corrected chi connectivity index (χ2v) is 5.32. The second-order valence-electron chi connectivity index (χ2n) is 4.17. The topological polar surface area (TPSA) is 34.2 Å². The van der Waals surface area contributed by atoms with E-state index in [1.54, 1.807) is 7.11 Å². The average Bonchev–Trinajstić information content (AvgIpc) is 2.42. The first-order chi connectivity index (χ1) is 8.83. The number of methoxy groups -OCH3 is 1. The van der Waals surface area contributed by atoms with Gasteiger partial charge in [0.2, 0.25) is 0 Å². The van der Waals surface area contributed by atoms with E-state index >= 15 is 0 Å². The molecule has 4 heteroatoms. The standard InChI is InChI=1S/C14H24N2OS/c1-4-8-15-12(11-18-10-5-2)14-13(17-3)7-6-9-16-14/h6-7,9,12,15H,4-5,8,10-11H2,1-3H3. The lowest BCUT2D eigenvalue weighted by Crippen LogP contribution is -2.25. The molecule has 3 nitrogen and oxygen atoms in total. The lowest BCUT2D eigenvalue weighted by molar-refractivity contribution is 0.398. The van der Waals surface area contributed by atoms with Crippen LogP contribution in [0.1, 0.15) is 38.4 Å². The number of pyridine rings is 1. The van der Waals surface area contributed by atoms with Gasteiger partial charge in [0.1, 0.15) is 5.75 Å². The van der Waals surface area contributed by atoms with Crippen molar-refractivity contribution in [2.24, 2.45) is 0 Å². The minimum Gasteiger partial charge on any atom is -0.495 e. The number of nitrogens with one attached hydrogen (secondary N) is 1. The van der Waals surface area contributed by atoms with Gasteiger partial charge in [0.15, 0.2) is 0 Å². The number of thioether (sulfide) groups is 1. The molecule has 0 aliphatic rings. The van der Waals surface area contributed by atoms with Gasteiger partial charge in [0, 0.05) is 11.9 Å². The molecule has 1 aromatic rings. The summed E-state index contributed by atoms with van der Waals surface area (Å²) in [7, 11) is 1.70. The molecule has 0 aliphatic carbocycles. The van der Waals surface area contributed by atoms with E-state index in [1.807, 2.05) is 30.1 Å². The van der Waals surface area contributed by atoms with Crippen molar-refractivity contribution in [2.45, 2.75) is 32.7 Å². The van der Waals surface area contributed by atoms with E-state index in [-0.39, 0.29) is 6.04 Å². The SMILES string of the molecule is CCCNC(CSCCC)c1ncccc1OC. The third-order valence-corrected chi connectivity index (χ3v) is 3.89. The maximum atomic E-state index is 5.40. The number of ether oxygens (including phenoxy) is 1. The summed E-state index contributed by atoms with van der Waals surface area (Å²) in [6.07, 6.45) is 4.18. The first-order valence-electron chi connectivity index (χ1n) is 6.63. The molecule has 1 rings (SSSR count). The van der Waals surface area contributed by atoms with E-state index in [1.165, 1.54) is 12.2 Å². The number of rotatable bonds is 9. The molecular formula is C14H24N2OS. The highest BCUT2D eigenvalue weighted by molar-refractivity contribution is 7.99.